The Labute approximate surface area is 152 Å². The van der Waals surface area contributed by atoms with E-state index in [4.69, 9.17) is 11.6 Å². The van der Waals surface area contributed by atoms with Crippen LogP contribution in [0.5, 0.6) is 0 Å². The number of hydrogen-bond donors (Lipinski definition) is 1. The van der Waals surface area contributed by atoms with Crippen LogP contribution in [0.25, 0.3) is 0 Å². The second kappa shape index (κ2) is 9.33. The van der Waals surface area contributed by atoms with Crippen molar-refractivity contribution in [2.45, 2.75) is 65.2 Å². The summed E-state index contributed by atoms with van der Waals surface area (Å²) in [6, 6.07) is 0. The summed E-state index contributed by atoms with van der Waals surface area (Å²) in [7, 11) is 0. The van der Waals surface area contributed by atoms with Gasteiger partial charge in [0.1, 0.15) is 10.6 Å². The van der Waals surface area contributed by atoms with E-state index in [9.17, 15) is 9.59 Å². The van der Waals surface area contributed by atoms with Crippen molar-refractivity contribution in [1.82, 2.24) is 10.3 Å². The molecule has 1 aliphatic carbocycles. The summed E-state index contributed by atoms with van der Waals surface area (Å²) >= 11 is 6.92. The van der Waals surface area contributed by atoms with Crippen molar-refractivity contribution in [1.29, 1.82) is 0 Å². The number of fused-ring (bicyclic) bond motifs is 1. The first-order valence-corrected chi connectivity index (χ1v) is 9.96. The highest BCUT2D eigenvalue weighted by Crippen LogP contribution is 2.31. The number of rotatable bonds is 10. The Morgan fingerprint density at radius 2 is 1.62 bits per heavy atom. The third kappa shape index (κ3) is 4.67. The van der Waals surface area contributed by atoms with Crippen molar-refractivity contribution in [3.63, 3.8) is 0 Å². The predicted molar refractivity (Wildman–Crippen MR) is 99.1 cm³/mol. The van der Waals surface area contributed by atoms with Gasteiger partial charge in [-0.25, -0.2) is 4.98 Å². The molecule has 2 rings (SSSR count). The molecule has 0 amide bonds. The summed E-state index contributed by atoms with van der Waals surface area (Å²) in [6.45, 7) is 4.61. The normalized spacial score (nSPS) is 14.3. The minimum Gasteiger partial charge on any atom is -0.381 e. The minimum absolute atomic E-state index is 0.146. The number of halogens is 1. The summed E-state index contributed by atoms with van der Waals surface area (Å²) in [5.74, 6) is -0.364. The fourth-order valence-electron chi connectivity index (χ4n) is 2.86. The molecule has 0 atom stereocenters. The molecule has 1 aromatic heterocycles. The summed E-state index contributed by atoms with van der Waals surface area (Å²) in [4.78, 5) is 29.1. The van der Waals surface area contributed by atoms with E-state index in [1.165, 1.54) is 38.5 Å². The van der Waals surface area contributed by atoms with Crippen LogP contribution >= 0.6 is 22.9 Å². The molecule has 1 heterocycles. The Balaban J connectivity index is 1.77. The lowest BCUT2D eigenvalue weighted by Gasteiger charge is -2.16. The van der Waals surface area contributed by atoms with Gasteiger partial charge in [0.15, 0.2) is 4.47 Å². The molecule has 0 bridgehead atoms. The standard InChI is InChI=1S/C18H25ClN2O2S/c1-3-4-5-6-7-8-9-10-11-20-13-12(2)15(22)17-14(16(13)23)21-18(19)24-17/h20H,3-11H2,1-2H3. The SMILES string of the molecule is CCCCCCCCCCNC1=C(C)C(=O)c2sc(Cl)nc2C1=O. The number of aromatic nitrogens is 1. The molecule has 0 unspecified atom stereocenters. The van der Waals surface area contributed by atoms with E-state index < -0.39 is 0 Å². The van der Waals surface area contributed by atoms with Gasteiger partial charge in [0.2, 0.25) is 11.6 Å². The van der Waals surface area contributed by atoms with Crippen LogP contribution in [0, 0.1) is 0 Å². The maximum Gasteiger partial charge on any atom is 0.229 e. The van der Waals surface area contributed by atoms with E-state index in [0.29, 0.717) is 22.7 Å². The minimum atomic E-state index is -0.218. The molecule has 0 saturated heterocycles. The van der Waals surface area contributed by atoms with Crippen LogP contribution in [0.2, 0.25) is 4.47 Å². The Morgan fingerprint density at radius 1 is 1.00 bits per heavy atom. The highest BCUT2D eigenvalue weighted by Gasteiger charge is 2.33. The average molecular weight is 369 g/mol. The van der Waals surface area contributed by atoms with Gasteiger partial charge in [0.25, 0.3) is 0 Å². The summed E-state index contributed by atoms with van der Waals surface area (Å²) in [5.41, 5.74) is 1.05. The van der Waals surface area contributed by atoms with Crippen LogP contribution in [-0.4, -0.2) is 23.1 Å². The summed E-state index contributed by atoms with van der Waals surface area (Å²) < 4.78 is 0.235. The molecule has 1 aromatic rings. The molecule has 1 aliphatic rings. The van der Waals surface area contributed by atoms with E-state index in [0.717, 1.165) is 24.2 Å². The fraction of sp³-hybridized carbons (Fsp3) is 0.611. The van der Waals surface area contributed by atoms with Gasteiger partial charge in [-0.3, -0.25) is 9.59 Å². The molecule has 0 aliphatic heterocycles. The Hall–Kier alpha value is -1.20. The van der Waals surface area contributed by atoms with Crippen LogP contribution in [0.3, 0.4) is 0 Å². The van der Waals surface area contributed by atoms with Crippen LogP contribution < -0.4 is 5.32 Å². The highest BCUT2D eigenvalue weighted by molar-refractivity contribution is 7.18. The van der Waals surface area contributed by atoms with Crippen molar-refractivity contribution in [2.24, 2.45) is 0 Å². The topological polar surface area (TPSA) is 59.1 Å². The smallest absolute Gasteiger partial charge is 0.229 e. The highest BCUT2D eigenvalue weighted by atomic mass is 35.5. The quantitative estimate of drug-likeness (QED) is 0.578. The number of hydrogen-bond acceptors (Lipinski definition) is 5. The first-order chi connectivity index (χ1) is 11.6. The Morgan fingerprint density at radius 3 is 2.29 bits per heavy atom. The third-order valence-corrected chi connectivity index (χ3v) is 5.46. The van der Waals surface area contributed by atoms with Crippen LogP contribution in [0.1, 0.15) is 85.4 Å². The zero-order chi connectivity index (χ0) is 17.5. The van der Waals surface area contributed by atoms with Crippen molar-refractivity contribution in [2.75, 3.05) is 6.54 Å². The fourth-order valence-corrected chi connectivity index (χ4v) is 3.96. The molecule has 0 saturated carbocycles. The van der Waals surface area contributed by atoms with E-state index in [1.807, 2.05) is 0 Å². The molecule has 4 nitrogen and oxygen atoms in total. The van der Waals surface area contributed by atoms with Gasteiger partial charge in [-0.2, -0.15) is 0 Å². The molecule has 24 heavy (non-hydrogen) atoms. The first-order valence-electron chi connectivity index (χ1n) is 8.76. The van der Waals surface area contributed by atoms with Crippen LogP contribution in [-0.2, 0) is 0 Å². The second-order valence-corrected chi connectivity index (χ2v) is 7.79. The number of ketones is 2. The maximum atomic E-state index is 12.5. The van der Waals surface area contributed by atoms with Crippen molar-refractivity contribution < 1.29 is 9.59 Å². The zero-order valence-electron chi connectivity index (χ0n) is 14.4. The number of nitrogens with one attached hydrogen (secondary N) is 1. The van der Waals surface area contributed by atoms with E-state index >= 15 is 0 Å². The number of allylic oxidation sites excluding steroid dienone is 2. The van der Waals surface area contributed by atoms with Gasteiger partial charge in [-0.1, -0.05) is 74.8 Å². The molecule has 0 spiro atoms. The molecule has 6 heteroatoms. The first kappa shape index (κ1) is 19.1. The lowest BCUT2D eigenvalue weighted by molar-refractivity contribution is 0.0968. The molecule has 132 valence electrons. The maximum absolute atomic E-state index is 12.5. The van der Waals surface area contributed by atoms with Gasteiger partial charge >= 0.3 is 0 Å². The van der Waals surface area contributed by atoms with Crippen molar-refractivity contribution in [3.05, 3.63) is 26.3 Å². The van der Waals surface area contributed by atoms with Crippen molar-refractivity contribution in [3.8, 4) is 0 Å². The van der Waals surface area contributed by atoms with Gasteiger partial charge in [-0.15, -0.1) is 0 Å². The van der Waals surface area contributed by atoms with Gasteiger partial charge in [0.05, 0.1) is 5.70 Å². The number of Topliss-reactive ketones (excluding diaryl/α,β-unsaturated/α-hetero) is 2. The lowest BCUT2D eigenvalue weighted by Crippen LogP contribution is -2.29. The Bertz CT molecular complexity index is 637. The molecule has 0 fully saturated rings. The molecule has 0 aromatic carbocycles. The Kier molecular flexibility index (Phi) is 7.43. The van der Waals surface area contributed by atoms with E-state index in [1.54, 1.807) is 6.92 Å². The largest absolute Gasteiger partial charge is 0.381 e. The van der Waals surface area contributed by atoms with Crippen molar-refractivity contribution >= 4 is 34.5 Å². The lowest BCUT2D eigenvalue weighted by atomic mass is 9.97. The second-order valence-electron chi connectivity index (χ2n) is 6.20. The molecule has 0 radical (unpaired) electrons. The molecular weight excluding hydrogens is 344 g/mol. The number of nitrogens with zero attached hydrogens (tertiary/aromatic N) is 1. The number of thiazole rings is 1. The summed E-state index contributed by atoms with van der Waals surface area (Å²) in [6.07, 6.45) is 9.88. The van der Waals surface area contributed by atoms with Crippen LogP contribution in [0.4, 0.5) is 0 Å². The summed E-state index contributed by atoms with van der Waals surface area (Å²) in [5, 5.41) is 3.14. The van der Waals surface area contributed by atoms with Gasteiger partial charge in [0, 0.05) is 12.1 Å². The van der Waals surface area contributed by atoms with E-state index in [2.05, 4.69) is 17.2 Å². The molecule has 1 N–H and O–H groups in total. The predicted octanol–water partition coefficient (Wildman–Crippen LogP) is 5.18. The molecular formula is C18H25ClN2O2S. The van der Waals surface area contributed by atoms with E-state index in [-0.39, 0.29) is 21.7 Å². The van der Waals surface area contributed by atoms with Crippen LogP contribution in [0.15, 0.2) is 11.3 Å². The van der Waals surface area contributed by atoms with Gasteiger partial charge < -0.3 is 5.32 Å². The third-order valence-electron chi connectivity index (χ3n) is 4.30. The number of carbonyl (C=O) groups excluding carboxylic acids is 2. The zero-order valence-corrected chi connectivity index (χ0v) is 16.0. The average Bonchev–Trinajstić information content (AvgIpc) is 2.96. The number of unbranched alkanes of at least 4 members (excludes halogenated alkanes) is 7. The number of carbonyl (C=O) groups is 2. The monoisotopic (exact) mass is 368 g/mol. The van der Waals surface area contributed by atoms with Gasteiger partial charge in [-0.05, 0) is 13.3 Å².